The lowest BCUT2D eigenvalue weighted by Crippen LogP contribution is -2.48. The van der Waals surface area contributed by atoms with Crippen LogP contribution < -0.4 is 0 Å². The van der Waals surface area contributed by atoms with E-state index in [1.807, 2.05) is 12.1 Å². The maximum atomic E-state index is 14.0. The molecule has 0 radical (unpaired) electrons. The van der Waals surface area contributed by atoms with Crippen LogP contribution in [0.5, 0.6) is 0 Å². The number of β-amino-alcohol motifs (C(OH)–C–C–N with tert-alkyl or cyclic N) is 1. The first-order valence-electron chi connectivity index (χ1n) is 12.1. The summed E-state index contributed by atoms with van der Waals surface area (Å²) in [7, 11) is 1.55. The zero-order valence-electron chi connectivity index (χ0n) is 21.0. The number of ether oxygens (including phenoxy) is 2. The third kappa shape index (κ3) is 4.67. The fourth-order valence-corrected chi connectivity index (χ4v) is 5.37. The van der Waals surface area contributed by atoms with E-state index in [1.54, 1.807) is 66.3 Å². The molecule has 2 aliphatic rings. The number of benzene rings is 2. The lowest BCUT2D eigenvalue weighted by atomic mass is 9.88. The molecule has 2 atom stereocenters. The first kappa shape index (κ1) is 26.6. The number of aromatic nitrogens is 1. The number of carbonyl (C=O) groups excluding carboxylic acids is 2. The van der Waals surface area contributed by atoms with Crippen molar-refractivity contribution in [2.45, 2.75) is 24.8 Å². The molecule has 2 aliphatic heterocycles. The van der Waals surface area contributed by atoms with E-state index in [2.05, 4.69) is 4.98 Å². The van der Waals surface area contributed by atoms with Gasteiger partial charge in [0, 0.05) is 41.6 Å². The molecule has 8 nitrogen and oxygen atoms in total. The van der Waals surface area contributed by atoms with Crippen LogP contribution >= 0.6 is 23.2 Å². The largest absolute Gasteiger partial charge is 0.384 e. The van der Waals surface area contributed by atoms with E-state index < -0.39 is 11.3 Å². The number of hydrogen-bond donors (Lipinski definition) is 1. The maximum absolute atomic E-state index is 14.0. The predicted molar refractivity (Wildman–Crippen MR) is 142 cm³/mol. The SMILES string of the molecule is CO[C@]1(c2ccc(Cl)cc2)c2ccc(C(C)(O)CN3CCOCC3=O)cc2C(=O)N1Cc1ccc(Cl)cn1. The first-order valence-corrected chi connectivity index (χ1v) is 12.9. The van der Waals surface area contributed by atoms with Gasteiger partial charge >= 0.3 is 0 Å². The van der Waals surface area contributed by atoms with Gasteiger partial charge in [0.15, 0.2) is 5.72 Å². The first-order chi connectivity index (χ1) is 18.2. The highest BCUT2D eigenvalue weighted by Gasteiger charge is 2.52. The van der Waals surface area contributed by atoms with Crippen molar-refractivity contribution in [3.8, 4) is 0 Å². The van der Waals surface area contributed by atoms with Crippen molar-refractivity contribution in [1.29, 1.82) is 0 Å². The van der Waals surface area contributed by atoms with Crippen molar-refractivity contribution in [3.63, 3.8) is 0 Å². The highest BCUT2D eigenvalue weighted by Crippen LogP contribution is 2.46. The number of methoxy groups -OCH3 is 1. The van der Waals surface area contributed by atoms with Gasteiger partial charge in [0.1, 0.15) is 12.2 Å². The second-order valence-electron chi connectivity index (χ2n) is 9.62. The smallest absolute Gasteiger partial charge is 0.257 e. The number of amides is 2. The molecule has 5 rings (SSSR count). The summed E-state index contributed by atoms with van der Waals surface area (Å²) >= 11 is 12.2. The summed E-state index contributed by atoms with van der Waals surface area (Å²) in [5, 5.41) is 12.5. The third-order valence-electron chi connectivity index (χ3n) is 7.08. The number of pyridine rings is 1. The van der Waals surface area contributed by atoms with Crippen LogP contribution in [0.3, 0.4) is 0 Å². The van der Waals surface area contributed by atoms with Crippen molar-refractivity contribution < 1.29 is 24.2 Å². The van der Waals surface area contributed by atoms with Gasteiger partial charge in [0.05, 0.1) is 30.4 Å². The van der Waals surface area contributed by atoms with Crippen molar-refractivity contribution in [2.75, 3.05) is 33.4 Å². The number of aliphatic hydroxyl groups is 1. The molecule has 0 aliphatic carbocycles. The number of morpholine rings is 1. The van der Waals surface area contributed by atoms with Gasteiger partial charge in [-0.1, -0.05) is 47.5 Å². The van der Waals surface area contributed by atoms with Crippen LogP contribution in [0.25, 0.3) is 0 Å². The molecule has 0 bridgehead atoms. The van der Waals surface area contributed by atoms with Crippen LogP contribution in [0.1, 0.15) is 39.7 Å². The van der Waals surface area contributed by atoms with Crippen molar-refractivity contribution in [1.82, 2.24) is 14.8 Å². The number of rotatable bonds is 7. The van der Waals surface area contributed by atoms with Crippen LogP contribution in [-0.2, 0) is 32.1 Å². The van der Waals surface area contributed by atoms with Crippen LogP contribution in [0.2, 0.25) is 10.0 Å². The number of nitrogens with zero attached hydrogens (tertiary/aromatic N) is 3. The van der Waals surface area contributed by atoms with Gasteiger partial charge in [-0.2, -0.15) is 0 Å². The molecule has 198 valence electrons. The fourth-order valence-electron chi connectivity index (χ4n) is 5.14. The molecular weight excluding hydrogens is 529 g/mol. The summed E-state index contributed by atoms with van der Waals surface area (Å²) in [6.07, 6.45) is 1.53. The molecule has 0 saturated carbocycles. The molecule has 10 heteroatoms. The normalized spacial score (nSPS) is 21.0. The molecule has 3 heterocycles. The monoisotopic (exact) mass is 555 g/mol. The Kier molecular flexibility index (Phi) is 7.19. The Morgan fingerprint density at radius 3 is 2.50 bits per heavy atom. The van der Waals surface area contributed by atoms with Crippen LogP contribution in [0.15, 0.2) is 60.8 Å². The van der Waals surface area contributed by atoms with Crippen molar-refractivity contribution in [3.05, 3.63) is 98.8 Å². The van der Waals surface area contributed by atoms with Crippen LogP contribution in [0, 0.1) is 0 Å². The summed E-state index contributed by atoms with van der Waals surface area (Å²) in [6, 6.07) is 15.9. The Balaban J connectivity index is 1.58. The minimum Gasteiger partial charge on any atom is -0.384 e. The zero-order valence-corrected chi connectivity index (χ0v) is 22.5. The van der Waals surface area contributed by atoms with Gasteiger partial charge in [-0.15, -0.1) is 0 Å². The average Bonchev–Trinajstić information content (AvgIpc) is 3.14. The molecular formula is C28H27Cl2N3O5. The number of fused-ring (bicyclic) bond motifs is 1. The Hall–Kier alpha value is -3.01. The topological polar surface area (TPSA) is 92.2 Å². The zero-order chi connectivity index (χ0) is 27.1. The average molecular weight is 556 g/mol. The summed E-state index contributed by atoms with van der Waals surface area (Å²) in [5.41, 5.74) is 0.210. The Morgan fingerprint density at radius 2 is 1.84 bits per heavy atom. The molecule has 1 N–H and O–H groups in total. The van der Waals surface area contributed by atoms with Gasteiger partial charge in [0.2, 0.25) is 5.91 Å². The van der Waals surface area contributed by atoms with Crippen LogP contribution in [-0.4, -0.2) is 65.1 Å². The predicted octanol–water partition coefficient (Wildman–Crippen LogP) is 3.96. The van der Waals surface area contributed by atoms with E-state index in [0.29, 0.717) is 51.1 Å². The molecule has 0 spiro atoms. The molecule has 1 aromatic heterocycles. The molecule has 1 fully saturated rings. The van der Waals surface area contributed by atoms with Gasteiger partial charge in [-0.05, 0) is 42.8 Å². The quantitative estimate of drug-likeness (QED) is 0.474. The third-order valence-corrected chi connectivity index (χ3v) is 7.56. The summed E-state index contributed by atoms with van der Waals surface area (Å²) < 4.78 is 11.4. The summed E-state index contributed by atoms with van der Waals surface area (Å²) in [5.74, 6) is -0.467. The molecule has 38 heavy (non-hydrogen) atoms. The second kappa shape index (κ2) is 10.3. The van der Waals surface area contributed by atoms with Crippen molar-refractivity contribution >= 4 is 35.0 Å². The van der Waals surface area contributed by atoms with E-state index in [4.69, 9.17) is 32.7 Å². The van der Waals surface area contributed by atoms with Gasteiger partial charge in [-0.3, -0.25) is 19.5 Å². The number of halogens is 2. The lowest BCUT2D eigenvalue weighted by Gasteiger charge is -2.38. The van der Waals surface area contributed by atoms with Gasteiger partial charge in [0.25, 0.3) is 5.91 Å². The number of carbonyl (C=O) groups is 2. The standard InChI is InChI=1S/C28H27Cl2N3O5/c1-27(36,17-32-11-12-38-16-25(32)34)19-5-10-24-23(13-19)26(35)33(15-22-9-8-21(30)14-31-22)28(24,37-2)18-3-6-20(29)7-4-18/h3-10,13-14,36H,11-12,15-17H2,1-2H3/t27?,28-/m1/s1. The van der Waals surface area contributed by atoms with E-state index in [9.17, 15) is 14.7 Å². The van der Waals surface area contributed by atoms with Gasteiger partial charge < -0.3 is 19.5 Å². The minimum absolute atomic E-state index is 0.0100. The molecule has 2 amide bonds. The fraction of sp³-hybridized carbons (Fsp3) is 0.321. The highest BCUT2D eigenvalue weighted by atomic mass is 35.5. The Labute approximate surface area is 230 Å². The number of hydrogen-bond acceptors (Lipinski definition) is 6. The molecule has 1 unspecified atom stereocenters. The van der Waals surface area contributed by atoms with E-state index >= 15 is 0 Å². The molecule has 1 saturated heterocycles. The lowest BCUT2D eigenvalue weighted by molar-refractivity contribution is -0.146. The van der Waals surface area contributed by atoms with Crippen molar-refractivity contribution in [2.24, 2.45) is 0 Å². The van der Waals surface area contributed by atoms with Crippen LogP contribution in [0.4, 0.5) is 0 Å². The summed E-state index contributed by atoms with van der Waals surface area (Å²) in [4.78, 5) is 33.9. The van der Waals surface area contributed by atoms with E-state index in [-0.39, 0.29) is 31.5 Å². The Bertz CT molecular complexity index is 1360. The van der Waals surface area contributed by atoms with E-state index in [0.717, 1.165) is 0 Å². The van der Waals surface area contributed by atoms with Gasteiger partial charge in [-0.25, -0.2) is 0 Å². The Morgan fingerprint density at radius 1 is 1.11 bits per heavy atom. The minimum atomic E-state index is -1.40. The molecule has 3 aromatic rings. The highest BCUT2D eigenvalue weighted by molar-refractivity contribution is 6.30. The van der Waals surface area contributed by atoms with E-state index in [1.165, 1.54) is 6.20 Å². The second-order valence-corrected chi connectivity index (χ2v) is 10.5. The maximum Gasteiger partial charge on any atom is 0.257 e. The molecule has 2 aromatic carbocycles. The summed E-state index contributed by atoms with van der Waals surface area (Å²) in [6.45, 7) is 2.65.